The zero-order valence-corrected chi connectivity index (χ0v) is 22.7. The van der Waals surface area contributed by atoms with E-state index in [0.717, 1.165) is 47.7 Å². The molecule has 0 aliphatic carbocycles. The van der Waals surface area contributed by atoms with Crippen molar-refractivity contribution in [1.29, 1.82) is 5.26 Å². The number of methoxy groups -OCH3 is 1. The molecule has 41 heavy (non-hydrogen) atoms. The van der Waals surface area contributed by atoms with Crippen molar-refractivity contribution in [2.24, 2.45) is 0 Å². The first-order valence-electron chi connectivity index (χ1n) is 13.7. The van der Waals surface area contributed by atoms with Crippen LogP contribution in [0.1, 0.15) is 23.1 Å². The van der Waals surface area contributed by atoms with Gasteiger partial charge in [-0.05, 0) is 35.7 Å². The Morgan fingerprint density at radius 1 is 0.951 bits per heavy atom. The molecule has 9 nitrogen and oxygen atoms in total. The standard InChI is InChI=1S/C32H29N7O2/c1-40-31-10-7-23(14-35-31)17-38-26-11-27(38)19-37(18-26)30-9-8-24(15-34-30)29-12-28(41-21-22-5-3-2-4-6-22)20-39-32(29)25(13-33)16-36-39/h2-10,12,14-16,20,26-27H,11,17-19,21H2,1H3. The molecule has 0 amide bonds. The molecule has 2 bridgehead atoms. The van der Waals surface area contributed by atoms with E-state index in [0.29, 0.717) is 35.9 Å². The summed E-state index contributed by atoms with van der Waals surface area (Å²) in [4.78, 5) is 14.2. The molecule has 1 aromatic carbocycles. The van der Waals surface area contributed by atoms with Crippen molar-refractivity contribution < 1.29 is 9.47 Å². The minimum atomic E-state index is 0.443. The smallest absolute Gasteiger partial charge is 0.212 e. The molecule has 3 aliphatic heterocycles. The van der Waals surface area contributed by atoms with Gasteiger partial charge in [-0.1, -0.05) is 36.4 Å². The van der Waals surface area contributed by atoms with E-state index in [9.17, 15) is 5.26 Å². The van der Waals surface area contributed by atoms with Crippen LogP contribution in [0, 0.1) is 11.3 Å². The number of fused-ring (bicyclic) bond motifs is 3. The largest absolute Gasteiger partial charge is 0.487 e. The number of piperidine rings is 1. The van der Waals surface area contributed by atoms with Crippen LogP contribution in [0.5, 0.6) is 11.6 Å². The van der Waals surface area contributed by atoms with Crippen molar-refractivity contribution in [3.63, 3.8) is 0 Å². The summed E-state index contributed by atoms with van der Waals surface area (Å²) in [5, 5.41) is 14.1. The van der Waals surface area contributed by atoms with Gasteiger partial charge in [0.25, 0.3) is 0 Å². The molecule has 5 aromatic rings. The summed E-state index contributed by atoms with van der Waals surface area (Å²) in [5.74, 6) is 2.29. The maximum Gasteiger partial charge on any atom is 0.212 e. The number of nitrogens with zero attached hydrogens (tertiary/aromatic N) is 7. The van der Waals surface area contributed by atoms with E-state index in [2.05, 4.69) is 44.2 Å². The molecule has 0 radical (unpaired) electrons. The molecule has 3 fully saturated rings. The summed E-state index contributed by atoms with van der Waals surface area (Å²) in [5.41, 5.74) is 5.33. The molecule has 0 spiro atoms. The average Bonchev–Trinajstić information content (AvgIpc) is 3.46. The number of pyridine rings is 3. The summed E-state index contributed by atoms with van der Waals surface area (Å²) in [6, 6.07) is 23.5. The lowest BCUT2D eigenvalue weighted by atomic mass is 9.87. The number of benzene rings is 1. The van der Waals surface area contributed by atoms with Crippen LogP contribution in [0.4, 0.5) is 5.82 Å². The van der Waals surface area contributed by atoms with E-state index >= 15 is 0 Å². The Kier molecular flexibility index (Phi) is 6.45. The summed E-state index contributed by atoms with van der Waals surface area (Å²) in [7, 11) is 1.64. The predicted molar refractivity (Wildman–Crippen MR) is 155 cm³/mol. The summed E-state index contributed by atoms with van der Waals surface area (Å²) in [6.07, 6.45) is 8.42. The van der Waals surface area contributed by atoms with Crippen molar-refractivity contribution in [3.05, 3.63) is 102 Å². The number of nitriles is 1. The van der Waals surface area contributed by atoms with Crippen LogP contribution in [-0.2, 0) is 13.2 Å². The highest BCUT2D eigenvalue weighted by Gasteiger charge is 2.44. The third-order valence-electron chi connectivity index (χ3n) is 8.05. The van der Waals surface area contributed by atoms with Crippen molar-refractivity contribution in [1.82, 2.24) is 24.5 Å². The highest BCUT2D eigenvalue weighted by molar-refractivity contribution is 5.85. The lowest BCUT2D eigenvalue weighted by Gasteiger charge is -2.56. The highest BCUT2D eigenvalue weighted by atomic mass is 16.5. The number of hydrogen-bond donors (Lipinski definition) is 0. The van der Waals surface area contributed by atoms with Crippen molar-refractivity contribution in [2.45, 2.75) is 31.7 Å². The van der Waals surface area contributed by atoms with Crippen LogP contribution in [0.3, 0.4) is 0 Å². The van der Waals surface area contributed by atoms with Crippen LogP contribution in [0.15, 0.2) is 85.5 Å². The van der Waals surface area contributed by atoms with E-state index in [-0.39, 0.29) is 0 Å². The molecule has 0 N–H and O–H groups in total. The third-order valence-corrected chi connectivity index (χ3v) is 8.05. The zero-order valence-electron chi connectivity index (χ0n) is 22.7. The van der Waals surface area contributed by atoms with Crippen molar-refractivity contribution in [2.75, 3.05) is 25.1 Å². The highest BCUT2D eigenvalue weighted by Crippen LogP contribution is 2.36. The Labute approximate surface area is 238 Å². The first kappa shape index (κ1) is 25.1. The second kappa shape index (κ2) is 10.6. The van der Waals surface area contributed by atoms with Crippen LogP contribution in [-0.4, -0.2) is 56.8 Å². The topological polar surface area (TPSA) is 91.8 Å². The van der Waals surface area contributed by atoms with Gasteiger partial charge in [0.05, 0.1) is 30.6 Å². The Bertz CT molecular complexity index is 1700. The van der Waals surface area contributed by atoms with Crippen molar-refractivity contribution in [3.8, 4) is 28.8 Å². The molecule has 204 valence electrons. The van der Waals surface area contributed by atoms with Gasteiger partial charge in [0.2, 0.25) is 5.88 Å². The number of anilines is 1. The molecule has 2 unspecified atom stereocenters. The predicted octanol–water partition coefficient (Wildman–Crippen LogP) is 4.71. The van der Waals surface area contributed by atoms with Gasteiger partial charge in [-0.2, -0.15) is 10.4 Å². The number of piperazine rings is 1. The summed E-state index contributed by atoms with van der Waals surface area (Å²) < 4.78 is 13.0. The normalized spacial score (nSPS) is 18.1. The second-order valence-electron chi connectivity index (χ2n) is 10.6. The van der Waals surface area contributed by atoms with E-state index < -0.39 is 0 Å². The van der Waals surface area contributed by atoms with Gasteiger partial charge < -0.3 is 14.4 Å². The summed E-state index contributed by atoms with van der Waals surface area (Å²) in [6.45, 7) is 3.23. The molecular weight excluding hydrogens is 514 g/mol. The Balaban J connectivity index is 1.08. The Morgan fingerprint density at radius 2 is 1.80 bits per heavy atom. The minimum absolute atomic E-state index is 0.443. The fourth-order valence-electron chi connectivity index (χ4n) is 5.92. The van der Waals surface area contributed by atoms with Gasteiger partial charge in [-0.15, -0.1) is 0 Å². The molecule has 9 heteroatoms. The SMILES string of the molecule is COc1ccc(CN2C3CC2CN(c2ccc(-c4cc(OCc5ccccc5)cn5ncc(C#N)c45)cn2)C3)cn1. The number of hydrogen-bond acceptors (Lipinski definition) is 8. The number of aromatic nitrogens is 4. The van der Waals surface area contributed by atoms with Gasteiger partial charge in [0, 0.05) is 61.3 Å². The Hall–Kier alpha value is -4.94. The van der Waals surface area contributed by atoms with Gasteiger partial charge in [0.15, 0.2) is 0 Å². The number of rotatable bonds is 8. The first-order valence-corrected chi connectivity index (χ1v) is 13.7. The fourth-order valence-corrected chi connectivity index (χ4v) is 5.92. The monoisotopic (exact) mass is 543 g/mol. The minimum Gasteiger partial charge on any atom is -0.487 e. The molecule has 8 rings (SSSR count). The van der Waals surface area contributed by atoms with Crippen molar-refractivity contribution >= 4 is 11.3 Å². The molecule has 0 saturated carbocycles. The van der Waals surface area contributed by atoms with Crippen LogP contribution >= 0.6 is 0 Å². The fraction of sp³-hybridized carbons (Fsp3) is 0.250. The number of ether oxygens (including phenoxy) is 2. The molecule has 4 aromatic heterocycles. The second-order valence-corrected chi connectivity index (χ2v) is 10.6. The molecule has 3 saturated heterocycles. The van der Waals surface area contributed by atoms with Gasteiger partial charge in [0.1, 0.15) is 24.2 Å². The maximum absolute atomic E-state index is 9.73. The molecule has 3 aliphatic rings. The quantitative estimate of drug-likeness (QED) is 0.278. The van der Waals surface area contributed by atoms with Crippen LogP contribution in [0.25, 0.3) is 16.6 Å². The third kappa shape index (κ3) is 4.83. The summed E-state index contributed by atoms with van der Waals surface area (Å²) >= 11 is 0. The van der Waals surface area contributed by atoms with Crippen LogP contribution < -0.4 is 14.4 Å². The Morgan fingerprint density at radius 3 is 2.51 bits per heavy atom. The van der Waals surface area contributed by atoms with E-state index in [1.54, 1.807) is 17.8 Å². The lowest BCUT2D eigenvalue weighted by Crippen LogP contribution is -2.68. The van der Waals surface area contributed by atoms with Gasteiger partial charge >= 0.3 is 0 Å². The van der Waals surface area contributed by atoms with E-state index in [1.165, 1.54) is 12.0 Å². The molecule has 7 heterocycles. The van der Waals surface area contributed by atoms with E-state index in [4.69, 9.17) is 14.5 Å². The first-order chi connectivity index (χ1) is 20.2. The van der Waals surface area contributed by atoms with Crippen LogP contribution in [0.2, 0.25) is 0 Å². The lowest BCUT2D eigenvalue weighted by molar-refractivity contribution is -0.00876. The van der Waals surface area contributed by atoms with E-state index in [1.807, 2.05) is 61.1 Å². The maximum atomic E-state index is 9.73. The molecular formula is C32H29N7O2. The van der Waals surface area contributed by atoms with Gasteiger partial charge in [-0.25, -0.2) is 14.5 Å². The average molecular weight is 544 g/mol. The molecule has 2 atom stereocenters. The zero-order chi connectivity index (χ0) is 27.8. The van der Waals surface area contributed by atoms with Gasteiger partial charge in [-0.3, -0.25) is 4.90 Å².